The van der Waals surface area contributed by atoms with Crippen LogP contribution in [0.2, 0.25) is 0 Å². The van der Waals surface area contributed by atoms with Crippen LogP contribution < -0.4 is 0 Å². The van der Waals surface area contributed by atoms with E-state index in [1.54, 1.807) is 0 Å². The lowest BCUT2D eigenvalue weighted by atomic mass is 10.2. The van der Waals surface area contributed by atoms with Crippen LogP contribution in [0.1, 0.15) is 46.6 Å². The molecule has 0 atom stereocenters. The third-order valence-corrected chi connectivity index (χ3v) is 2.22. The van der Waals surface area contributed by atoms with Crippen molar-refractivity contribution >= 4 is 0 Å². The third-order valence-electron chi connectivity index (χ3n) is 2.22. The molecule has 0 heterocycles. The highest BCUT2D eigenvalue weighted by Crippen LogP contribution is 1.95. The Morgan fingerprint density at radius 1 is 1.06 bits per heavy atom. The Hall–Kier alpha value is -0.820. The second-order valence-electron chi connectivity index (χ2n) is 4.81. The van der Waals surface area contributed by atoms with Crippen LogP contribution in [0.25, 0.3) is 0 Å². The summed E-state index contributed by atoms with van der Waals surface area (Å²) in [6.45, 7) is 15.3. The molecule has 0 aromatic heterocycles. The minimum atomic E-state index is 0.807. The summed E-state index contributed by atoms with van der Waals surface area (Å²) < 4.78 is 0. The van der Waals surface area contributed by atoms with E-state index in [0.29, 0.717) is 0 Å². The maximum Gasteiger partial charge on any atom is 0.000133 e. The fourth-order valence-corrected chi connectivity index (χ4v) is 1.63. The second-order valence-corrected chi connectivity index (χ2v) is 4.81. The number of rotatable bonds is 4. The van der Waals surface area contributed by atoms with E-state index in [9.17, 15) is 0 Å². The number of benzene rings is 1. The van der Waals surface area contributed by atoms with Crippen molar-refractivity contribution in [3.8, 4) is 0 Å². The molecule has 0 amide bonds. The van der Waals surface area contributed by atoms with Gasteiger partial charge in [0.15, 0.2) is 0 Å². The summed E-state index contributed by atoms with van der Waals surface area (Å²) in [4.78, 5) is 2.38. The summed E-state index contributed by atoms with van der Waals surface area (Å²) in [5.74, 6) is 0.807. The molecule has 0 N–H and O–H groups in total. The minimum Gasteiger partial charge on any atom is -0.306 e. The molecule has 18 heavy (non-hydrogen) atoms. The van der Waals surface area contributed by atoms with Gasteiger partial charge in [-0.3, -0.25) is 0 Å². The molecular formula is C17H33N. The number of aryl methyl sites for hydroxylation is 1. The van der Waals surface area contributed by atoms with Gasteiger partial charge in [-0.05, 0) is 32.9 Å². The maximum atomic E-state index is 2.38. The second kappa shape index (κ2) is 14.2. The van der Waals surface area contributed by atoms with Crippen molar-refractivity contribution in [3.63, 3.8) is 0 Å². The summed E-state index contributed by atoms with van der Waals surface area (Å²) in [6.07, 6.45) is 1.27. The summed E-state index contributed by atoms with van der Waals surface area (Å²) in [7, 11) is 2.18. The third kappa shape index (κ3) is 15.2. The molecule has 0 unspecified atom stereocenters. The molecule has 0 aliphatic heterocycles. The topological polar surface area (TPSA) is 3.24 Å². The van der Waals surface area contributed by atoms with E-state index in [2.05, 4.69) is 51.8 Å². The number of hydrogen-bond donors (Lipinski definition) is 0. The molecule has 0 bridgehead atoms. The van der Waals surface area contributed by atoms with Gasteiger partial charge in [0, 0.05) is 6.54 Å². The summed E-state index contributed by atoms with van der Waals surface area (Å²) in [5, 5.41) is 0. The fraction of sp³-hybridized carbons (Fsp3) is 0.647. The van der Waals surface area contributed by atoms with Crippen molar-refractivity contribution < 1.29 is 0 Å². The Morgan fingerprint density at radius 2 is 1.56 bits per heavy atom. The van der Waals surface area contributed by atoms with Gasteiger partial charge in [0.1, 0.15) is 0 Å². The highest BCUT2D eigenvalue weighted by molar-refractivity contribution is 5.11. The minimum absolute atomic E-state index is 0.807. The predicted octanol–water partition coefficient (Wildman–Crippen LogP) is 5.01. The Balaban J connectivity index is 0. The largest absolute Gasteiger partial charge is 0.306 e. The molecule has 0 saturated carbocycles. The molecule has 0 spiro atoms. The Kier molecular flexibility index (Phi) is 15.4. The van der Waals surface area contributed by atoms with Gasteiger partial charge < -0.3 is 4.90 Å². The van der Waals surface area contributed by atoms with E-state index < -0.39 is 0 Å². The molecule has 0 aliphatic carbocycles. The maximum absolute atomic E-state index is 2.38. The van der Waals surface area contributed by atoms with Gasteiger partial charge in [0.2, 0.25) is 0 Å². The van der Waals surface area contributed by atoms with Gasteiger partial charge in [-0.25, -0.2) is 0 Å². The van der Waals surface area contributed by atoms with Crippen molar-refractivity contribution in [2.75, 3.05) is 20.1 Å². The molecule has 0 aliphatic rings. The lowest BCUT2D eigenvalue weighted by Crippen LogP contribution is -2.23. The zero-order chi connectivity index (χ0) is 14.4. The van der Waals surface area contributed by atoms with Gasteiger partial charge in [0.05, 0.1) is 0 Å². The Bertz CT molecular complexity index is 241. The first kappa shape index (κ1) is 19.5. The molecule has 1 nitrogen and oxygen atoms in total. The van der Waals surface area contributed by atoms with Gasteiger partial charge in [-0.15, -0.1) is 0 Å². The molecule has 1 aromatic rings. The van der Waals surface area contributed by atoms with E-state index in [-0.39, 0.29) is 0 Å². The van der Waals surface area contributed by atoms with Crippen LogP contribution in [0.4, 0.5) is 0 Å². The molecule has 1 aromatic carbocycles. The van der Waals surface area contributed by atoms with Crippen LogP contribution in [0.15, 0.2) is 30.3 Å². The van der Waals surface area contributed by atoms with Gasteiger partial charge in [-0.2, -0.15) is 0 Å². The van der Waals surface area contributed by atoms with Crippen molar-refractivity contribution in [2.24, 2.45) is 5.92 Å². The summed E-state index contributed by atoms with van der Waals surface area (Å²) in [5.41, 5.74) is 1.32. The first-order chi connectivity index (χ1) is 8.56. The van der Waals surface area contributed by atoms with E-state index in [1.807, 2.05) is 32.0 Å². The van der Waals surface area contributed by atoms with E-state index in [4.69, 9.17) is 0 Å². The van der Waals surface area contributed by atoms with E-state index in [1.165, 1.54) is 25.1 Å². The SMILES string of the molecule is CC.CCCN(C)CC(C)C.Cc1ccccc1. The zero-order valence-electron chi connectivity index (χ0n) is 13.5. The molecule has 1 heteroatoms. The molecular weight excluding hydrogens is 218 g/mol. The van der Waals surface area contributed by atoms with Crippen LogP contribution in [0.3, 0.4) is 0 Å². The lowest BCUT2D eigenvalue weighted by molar-refractivity contribution is 0.296. The number of nitrogens with zero attached hydrogens (tertiary/aromatic N) is 1. The molecule has 0 radical (unpaired) electrons. The van der Waals surface area contributed by atoms with Crippen LogP contribution in [0.5, 0.6) is 0 Å². The van der Waals surface area contributed by atoms with Gasteiger partial charge in [-0.1, -0.05) is 70.5 Å². The predicted molar refractivity (Wildman–Crippen MR) is 85.2 cm³/mol. The number of hydrogen-bond acceptors (Lipinski definition) is 1. The van der Waals surface area contributed by atoms with Crippen LogP contribution >= 0.6 is 0 Å². The molecule has 0 fully saturated rings. The van der Waals surface area contributed by atoms with Crippen molar-refractivity contribution in [3.05, 3.63) is 35.9 Å². The molecule has 1 rings (SSSR count). The summed E-state index contributed by atoms with van der Waals surface area (Å²) in [6, 6.07) is 10.3. The van der Waals surface area contributed by atoms with Crippen molar-refractivity contribution in [2.45, 2.75) is 48.0 Å². The lowest BCUT2D eigenvalue weighted by Gasteiger charge is -2.17. The fourth-order valence-electron chi connectivity index (χ4n) is 1.63. The molecule has 0 saturated heterocycles. The van der Waals surface area contributed by atoms with Crippen LogP contribution in [-0.4, -0.2) is 25.0 Å². The van der Waals surface area contributed by atoms with Crippen LogP contribution in [-0.2, 0) is 0 Å². The van der Waals surface area contributed by atoms with E-state index in [0.717, 1.165) is 5.92 Å². The molecule has 106 valence electrons. The Labute approximate surface area is 115 Å². The average molecular weight is 251 g/mol. The first-order valence-electron chi connectivity index (χ1n) is 7.26. The van der Waals surface area contributed by atoms with E-state index >= 15 is 0 Å². The van der Waals surface area contributed by atoms with Gasteiger partial charge in [0.25, 0.3) is 0 Å². The quantitative estimate of drug-likeness (QED) is 0.727. The zero-order valence-corrected chi connectivity index (χ0v) is 13.5. The summed E-state index contributed by atoms with van der Waals surface area (Å²) >= 11 is 0. The Morgan fingerprint density at radius 3 is 1.83 bits per heavy atom. The van der Waals surface area contributed by atoms with Gasteiger partial charge >= 0.3 is 0 Å². The standard InChI is InChI=1S/C8H19N.C7H8.C2H6/c1-5-6-9(4)7-8(2)3;1-7-5-3-2-4-6-7;1-2/h8H,5-7H2,1-4H3;2-6H,1H3;1-2H3. The normalized spacial score (nSPS) is 9.39. The van der Waals surface area contributed by atoms with Crippen molar-refractivity contribution in [1.82, 2.24) is 4.90 Å². The average Bonchev–Trinajstić information content (AvgIpc) is 2.32. The highest BCUT2D eigenvalue weighted by atomic mass is 15.1. The monoisotopic (exact) mass is 251 g/mol. The first-order valence-corrected chi connectivity index (χ1v) is 7.26. The highest BCUT2D eigenvalue weighted by Gasteiger charge is 1.97. The van der Waals surface area contributed by atoms with Crippen molar-refractivity contribution in [1.29, 1.82) is 0 Å². The smallest absolute Gasteiger partial charge is 0.000133 e. The van der Waals surface area contributed by atoms with Crippen LogP contribution in [0, 0.1) is 12.8 Å².